The number of pyridine rings is 1. The normalized spacial score (nSPS) is 14.7. The SMILES string of the molecule is Cc1nc(C(=O)N2CCN(c3ccc(-c4noc(C(C)C)n4)cn3)CC2)cs1. The number of aromatic nitrogens is 4. The minimum Gasteiger partial charge on any atom is -0.353 e. The number of thiazole rings is 1. The van der Waals surface area contributed by atoms with Gasteiger partial charge in [-0.1, -0.05) is 19.0 Å². The molecule has 3 aromatic rings. The Labute approximate surface area is 167 Å². The van der Waals surface area contributed by atoms with Crippen molar-refractivity contribution in [2.75, 3.05) is 31.1 Å². The lowest BCUT2D eigenvalue weighted by molar-refractivity contribution is 0.0741. The minimum atomic E-state index is 0.00497. The van der Waals surface area contributed by atoms with Crippen molar-refractivity contribution in [1.29, 1.82) is 0 Å². The molecule has 1 fully saturated rings. The van der Waals surface area contributed by atoms with Crippen LogP contribution in [0.15, 0.2) is 28.2 Å². The number of piperazine rings is 1. The summed E-state index contributed by atoms with van der Waals surface area (Å²) in [5, 5.41) is 6.76. The van der Waals surface area contributed by atoms with Crippen molar-refractivity contribution >= 4 is 23.1 Å². The summed E-state index contributed by atoms with van der Waals surface area (Å²) < 4.78 is 5.26. The van der Waals surface area contributed by atoms with Crippen LogP contribution in [0.3, 0.4) is 0 Å². The van der Waals surface area contributed by atoms with Gasteiger partial charge in [0, 0.05) is 49.2 Å². The number of aryl methyl sites for hydroxylation is 1. The van der Waals surface area contributed by atoms with E-state index in [4.69, 9.17) is 4.52 Å². The molecule has 0 saturated carbocycles. The van der Waals surface area contributed by atoms with Crippen LogP contribution in [-0.4, -0.2) is 57.1 Å². The fourth-order valence-electron chi connectivity index (χ4n) is 3.05. The van der Waals surface area contributed by atoms with E-state index >= 15 is 0 Å². The molecule has 0 bridgehead atoms. The second-order valence-corrected chi connectivity index (χ2v) is 8.11. The zero-order valence-corrected chi connectivity index (χ0v) is 16.9. The van der Waals surface area contributed by atoms with Gasteiger partial charge < -0.3 is 14.3 Å². The van der Waals surface area contributed by atoms with Gasteiger partial charge in [0.2, 0.25) is 11.7 Å². The van der Waals surface area contributed by atoms with Gasteiger partial charge in [0.05, 0.1) is 5.01 Å². The molecule has 0 radical (unpaired) electrons. The van der Waals surface area contributed by atoms with E-state index in [1.165, 1.54) is 11.3 Å². The van der Waals surface area contributed by atoms with E-state index in [1.807, 2.05) is 43.2 Å². The van der Waals surface area contributed by atoms with E-state index in [0.29, 0.717) is 30.5 Å². The van der Waals surface area contributed by atoms with Gasteiger partial charge in [0.25, 0.3) is 5.91 Å². The highest BCUT2D eigenvalue weighted by molar-refractivity contribution is 7.09. The van der Waals surface area contributed by atoms with Gasteiger partial charge in [0.15, 0.2) is 0 Å². The maximum absolute atomic E-state index is 12.5. The molecule has 9 heteroatoms. The molecule has 0 spiro atoms. The lowest BCUT2D eigenvalue weighted by Crippen LogP contribution is -2.49. The predicted octanol–water partition coefficient (Wildman–Crippen LogP) is 2.98. The third kappa shape index (κ3) is 3.75. The molecule has 0 N–H and O–H groups in total. The predicted molar refractivity (Wildman–Crippen MR) is 107 cm³/mol. The van der Waals surface area contributed by atoms with Crippen molar-refractivity contribution in [2.24, 2.45) is 0 Å². The number of hydrogen-bond acceptors (Lipinski definition) is 8. The molecule has 146 valence electrons. The molecule has 1 aliphatic rings. The van der Waals surface area contributed by atoms with E-state index < -0.39 is 0 Å². The van der Waals surface area contributed by atoms with E-state index in [-0.39, 0.29) is 11.8 Å². The second kappa shape index (κ2) is 7.67. The van der Waals surface area contributed by atoms with Crippen molar-refractivity contribution < 1.29 is 9.32 Å². The average Bonchev–Trinajstić information content (AvgIpc) is 3.37. The Morgan fingerprint density at radius 3 is 2.54 bits per heavy atom. The maximum Gasteiger partial charge on any atom is 0.273 e. The fourth-order valence-corrected chi connectivity index (χ4v) is 3.64. The van der Waals surface area contributed by atoms with Crippen LogP contribution >= 0.6 is 11.3 Å². The molecule has 0 atom stereocenters. The van der Waals surface area contributed by atoms with E-state index in [2.05, 4.69) is 25.0 Å². The van der Waals surface area contributed by atoms with Crippen LogP contribution in [0.2, 0.25) is 0 Å². The summed E-state index contributed by atoms with van der Waals surface area (Å²) >= 11 is 1.50. The van der Waals surface area contributed by atoms with Crippen LogP contribution < -0.4 is 4.90 Å². The molecule has 0 aromatic carbocycles. The number of anilines is 1. The second-order valence-electron chi connectivity index (χ2n) is 7.05. The highest BCUT2D eigenvalue weighted by atomic mass is 32.1. The molecule has 0 unspecified atom stereocenters. The van der Waals surface area contributed by atoms with E-state index in [0.717, 1.165) is 29.5 Å². The number of rotatable bonds is 4. The van der Waals surface area contributed by atoms with Crippen LogP contribution in [0.1, 0.15) is 41.2 Å². The molecular weight excluding hydrogens is 376 g/mol. The van der Waals surface area contributed by atoms with Crippen molar-refractivity contribution in [1.82, 2.24) is 25.0 Å². The van der Waals surface area contributed by atoms with Crippen LogP contribution in [0.5, 0.6) is 0 Å². The third-order valence-electron chi connectivity index (χ3n) is 4.67. The van der Waals surface area contributed by atoms with Gasteiger partial charge in [-0.3, -0.25) is 4.79 Å². The Morgan fingerprint density at radius 2 is 1.96 bits per heavy atom. The molecular formula is C19H22N6O2S. The summed E-state index contributed by atoms with van der Waals surface area (Å²) in [6, 6.07) is 3.91. The highest BCUT2D eigenvalue weighted by Crippen LogP contribution is 2.22. The van der Waals surface area contributed by atoms with Gasteiger partial charge in [-0.15, -0.1) is 11.3 Å². The topological polar surface area (TPSA) is 88.3 Å². The standard InChI is InChI=1S/C19H22N6O2S/c1-12(2)18-22-17(23-27-18)14-4-5-16(20-10-14)24-6-8-25(9-7-24)19(26)15-11-28-13(3)21-15/h4-5,10-12H,6-9H2,1-3H3. The van der Waals surface area contributed by atoms with Gasteiger partial charge in [0.1, 0.15) is 11.5 Å². The summed E-state index contributed by atoms with van der Waals surface area (Å²) in [6.07, 6.45) is 1.76. The summed E-state index contributed by atoms with van der Waals surface area (Å²) in [5.74, 6) is 2.26. The van der Waals surface area contributed by atoms with Gasteiger partial charge in [-0.2, -0.15) is 4.98 Å². The number of carbonyl (C=O) groups excluding carboxylic acids is 1. The van der Waals surface area contributed by atoms with Crippen LogP contribution in [0.25, 0.3) is 11.4 Å². The van der Waals surface area contributed by atoms with Crippen molar-refractivity contribution in [3.05, 3.63) is 40.3 Å². The molecule has 3 aromatic heterocycles. The largest absolute Gasteiger partial charge is 0.353 e. The molecule has 28 heavy (non-hydrogen) atoms. The lowest BCUT2D eigenvalue weighted by Gasteiger charge is -2.35. The molecule has 4 rings (SSSR count). The molecule has 1 aliphatic heterocycles. The first-order chi connectivity index (χ1) is 13.5. The Hall–Kier alpha value is -2.81. The van der Waals surface area contributed by atoms with Crippen molar-refractivity contribution in [3.63, 3.8) is 0 Å². The first-order valence-electron chi connectivity index (χ1n) is 9.27. The molecule has 4 heterocycles. The van der Waals surface area contributed by atoms with Gasteiger partial charge in [-0.05, 0) is 19.1 Å². The zero-order chi connectivity index (χ0) is 19.7. The van der Waals surface area contributed by atoms with Crippen LogP contribution in [-0.2, 0) is 0 Å². The number of carbonyl (C=O) groups is 1. The Kier molecular flexibility index (Phi) is 5.08. The summed E-state index contributed by atoms with van der Waals surface area (Å²) in [4.78, 5) is 29.8. The molecule has 8 nitrogen and oxygen atoms in total. The lowest BCUT2D eigenvalue weighted by atomic mass is 10.2. The average molecular weight is 398 g/mol. The molecule has 0 aliphatic carbocycles. The number of hydrogen-bond donors (Lipinski definition) is 0. The quantitative estimate of drug-likeness (QED) is 0.667. The number of nitrogens with zero attached hydrogens (tertiary/aromatic N) is 6. The van der Waals surface area contributed by atoms with Gasteiger partial charge >= 0.3 is 0 Å². The molecule has 1 amide bonds. The highest BCUT2D eigenvalue weighted by Gasteiger charge is 2.24. The molecule has 1 saturated heterocycles. The first kappa shape index (κ1) is 18.5. The summed E-state index contributed by atoms with van der Waals surface area (Å²) in [7, 11) is 0. The van der Waals surface area contributed by atoms with E-state index in [1.54, 1.807) is 6.20 Å². The van der Waals surface area contributed by atoms with Crippen molar-refractivity contribution in [3.8, 4) is 11.4 Å². The summed E-state index contributed by atoms with van der Waals surface area (Å²) in [6.45, 7) is 8.72. The zero-order valence-electron chi connectivity index (χ0n) is 16.1. The monoisotopic (exact) mass is 398 g/mol. The Balaban J connectivity index is 1.38. The van der Waals surface area contributed by atoms with Crippen molar-refractivity contribution in [2.45, 2.75) is 26.7 Å². The van der Waals surface area contributed by atoms with E-state index in [9.17, 15) is 4.79 Å². The first-order valence-corrected chi connectivity index (χ1v) is 10.2. The number of amides is 1. The van der Waals surface area contributed by atoms with Crippen LogP contribution in [0.4, 0.5) is 5.82 Å². The van der Waals surface area contributed by atoms with Gasteiger partial charge in [-0.25, -0.2) is 9.97 Å². The Bertz CT molecular complexity index is 957. The minimum absolute atomic E-state index is 0.00497. The summed E-state index contributed by atoms with van der Waals surface area (Å²) in [5.41, 5.74) is 1.37. The smallest absolute Gasteiger partial charge is 0.273 e. The Morgan fingerprint density at radius 1 is 1.18 bits per heavy atom. The third-order valence-corrected chi connectivity index (χ3v) is 5.44. The maximum atomic E-state index is 12.5. The van der Waals surface area contributed by atoms with Crippen LogP contribution in [0, 0.1) is 6.92 Å². The fraction of sp³-hybridized carbons (Fsp3) is 0.421.